The molecule has 0 unspecified atom stereocenters. The summed E-state index contributed by atoms with van der Waals surface area (Å²) in [6.45, 7) is 3.75. The van der Waals surface area contributed by atoms with Gasteiger partial charge in [-0.05, 0) is 38.1 Å². The Morgan fingerprint density at radius 2 is 1.97 bits per heavy atom. The summed E-state index contributed by atoms with van der Waals surface area (Å²) in [6.07, 6.45) is 0.202. The van der Waals surface area contributed by atoms with E-state index in [0.29, 0.717) is 28.6 Å². The van der Waals surface area contributed by atoms with Crippen molar-refractivity contribution in [1.82, 2.24) is 9.78 Å². The van der Waals surface area contributed by atoms with Crippen molar-refractivity contribution in [3.05, 3.63) is 59.0 Å². The van der Waals surface area contributed by atoms with Crippen LogP contribution in [0.1, 0.15) is 46.6 Å². The van der Waals surface area contributed by atoms with E-state index in [-0.39, 0.29) is 31.4 Å². The van der Waals surface area contributed by atoms with E-state index in [9.17, 15) is 14.4 Å². The van der Waals surface area contributed by atoms with Gasteiger partial charge in [0.15, 0.2) is 0 Å². The molecule has 3 heterocycles. The second-order valence-electron chi connectivity index (χ2n) is 7.39. The standard InChI is InChI=1S/C23H23N3O6/c1-4-31-20(28)12-26-22-21(13(2)25-26)16(11-19(27)24-22)18-10-9-17(32-18)14-5-7-15(8-6-14)23(29)30-3/h5-10,16H,4,11-12H2,1-3H3,(H,24,27)/t16-/m0/s1. The number of benzene rings is 1. The van der Waals surface area contributed by atoms with Crippen LogP contribution in [0.2, 0.25) is 0 Å². The number of nitrogens with zero attached hydrogens (tertiary/aromatic N) is 2. The number of rotatable bonds is 6. The second-order valence-corrected chi connectivity index (χ2v) is 7.39. The normalized spacial score (nSPS) is 15.1. The zero-order valence-electron chi connectivity index (χ0n) is 18.0. The van der Waals surface area contributed by atoms with Crippen molar-refractivity contribution in [2.75, 3.05) is 19.0 Å². The minimum absolute atomic E-state index is 0.0903. The summed E-state index contributed by atoms with van der Waals surface area (Å²) in [5.74, 6) is 0.355. The Morgan fingerprint density at radius 1 is 1.22 bits per heavy atom. The van der Waals surface area contributed by atoms with Gasteiger partial charge in [-0.3, -0.25) is 9.59 Å². The van der Waals surface area contributed by atoms with Gasteiger partial charge in [-0.2, -0.15) is 5.10 Å². The molecule has 166 valence electrons. The van der Waals surface area contributed by atoms with Crippen LogP contribution in [0.3, 0.4) is 0 Å². The lowest BCUT2D eigenvalue weighted by atomic mass is 9.90. The van der Waals surface area contributed by atoms with Crippen LogP contribution in [0, 0.1) is 6.92 Å². The first kappa shape index (κ1) is 21.4. The second kappa shape index (κ2) is 8.70. The van der Waals surface area contributed by atoms with Crippen LogP contribution in [0.25, 0.3) is 11.3 Å². The van der Waals surface area contributed by atoms with Gasteiger partial charge in [0.25, 0.3) is 0 Å². The van der Waals surface area contributed by atoms with Crippen LogP contribution in [0.5, 0.6) is 0 Å². The topological polar surface area (TPSA) is 113 Å². The fraction of sp³-hybridized carbons (Fsp3) is 0.304. The maximum Gasteiger partial charge on any atom is 0.337 e. The van der Waals surface area contributed by atoms with Gasteiger partial charge in [-0.15, -0.1) is 0 Å². The number of aromatic nitrogens is 2. The number of carbonyl (C=O) groups is 3. The highest BCUT2D eigenvalue weighted by atomic mass is 16.5. The summed E-state index contributed by atoms with van der Waals surface area (Å²) in [5, 5.41) is 7.27. The third-order valence-electron chi connectivity index (χ3n) is 5.31. The zero-order valence-corrected chi connectivity index (χ0v) is 18.0. The van der Waals surface area contributed by atoms with Crippen LogP contribution in [0.15, 0.2) is 40.8 Å². The Labute approximate surface area is 184 Å². The quantitative estimate of drug-likeness (QED) is 0.589. The van der Waals surface area contributed by atoms with Crippen molar-refractivity contribution in [3.63, 3.8) is 0 Å². The van der Waals surface area contributed by atoms with Gasteiger partial charge in [-0.1, -0.05) is 12.1 Å². The average molecular weight is 437 g/mol. The lowest BCUT2D eigenvalue weighted by molar-refractivity contribution is -0.144. The van der Waals surface area contributed by atoms with Crippen LogP contribution < -0.4 is 5.32 Å². The van der Waals surface area contributed by atoms with Gasteiger partial charge in [0, 0.05) is 17.5 Å². The lowest BCUT2D eigenvalue weighted by Crippen LogP contribution is -2.26. The third kappa shape index (κ3) is 4.01. The van der Waals surface area contributed by atoms with Crippen molar-refractivity contribution >= 4 is 23.7 Å². The fourth-order valence-electron chi connectivity index (χ4n) is 3.88. The highest BCUT2D eigenvalue weighted by Crippen LogP contribution is 2.40. The van der Waals surface area contributed by atoms with Crippen molar-refractivity contribution in [2.24, 2.45) is 0 Å². The molecule has 1 amide bonds. The van der Waals surface area contributed by atoms with E-state index in [1.807, 2.05) is 19.1 Å². The summed E-state index contributed by atoms with van der Waals surface area (Å²) in [4.78, 5) is 36.0. The molecule has 4 rings (SSSR count). The van der Waals surface area contributed by atoms with Gasteiger partial charge in [-0.25, -0.2) is 9.48 Å². The highest BCUT2D eigenvalue weighted by Gasteiger charge is 2.34. The van der Waals surface area contributed by atoms with E-state index < -0.39 is 11.9 Å². The first-order valence-corrected chi connectivity index (χ1v) is 10.2. The number of methoxy groups -OCH3 is 1. The molecule has 32 heavy (non-hydrogen) atoms. The predicted molar refractivity (Wildman–Crippen MR) is 114 cm³/mol. The number of fused-ring (bicyclic) bond motifs is 1. The molecule has 0 radical (unpaired) electrons. The molecule has 0 saturated heterocycles. The van der Waals surface area contributed by atoms with E-state index in [1.165, 1.54) is 11.8 Å². The number of amides is 1. The van der Waals surface area contributed by atoms with Crippen LogP contribution in [0.4, 0.5) is 5.82 Å². The summed E-state index contributed by atoms with van der Waals surface area (Å²) >= 11 is 0. The van der Waals surface area contributed by atoms with E-state index in [4.69, 9.17) is 13.9 Å². The number of anilines is 1. The molecule has 3 aromatic rings. The number of ether oxygens (including phenoxy) is 2. The van der Waals surface area contributed by atoms with Crippen molar-refractivity contribution in [3.8, 4) is 11.3 Å². The van der Waals surface area contributed by atoms with E-state index in [1.54, 1.807) is 31.2 Å². The summed E-state index contributed by atoms with van der Waals surface area (Å²) in [5.41, 5.74) is 2.76. The van der Waals surface area contributed by atoms with Crippen LogP contribution in [-0.2, 0) is 25.6 Å². The molecule has 1 aromatic carbocycles. The fourth-order valence-corrected chi connectivity index (χ4v) is 3.88. The Kier molecular flexibility index (Phi) is 5.81. The summed E-state index contributed by atoms with van der Waals surface area (Å²) in [6, 6.07) is 10.5. The van der Waals surface area contributed by atoms with Crippen molar-refractivity contribution in [1.29, 1.82) is 0 Å². The van der Waals surface area contributed by atoms with Crippen molar-refractivity contribution in [2.45, 2.75) is 32.7 Å². The largest absolute Gasteiger partial charge is 0.465 e. The minimum atomic E-state index is -0.426. The van der Waals surface area contributed by atoms with Gasteiger partial charge >= 0.3 is 11.9 Å². The van der Waals surface area contributed by atoms with Crippen LogP contribution >= 0.6 is 0 Å². The molecule has 1 atom stereocenters. The van der Waals surface area contributed by atoms with Gasteiger partial charge in [0.05, 0.1) is 30.9 Å². The Balaban J connectivity index is 1.64. The molecule has 1 aliphatic heterocycles. The van der Waals surface area contributed by atoms with E-state index in [0.717, 1.165) is 11.1 Å². The SMILES string of the molecule is CCOC(=O)Cn1nc(C)c2c1NC(=O)C[C@H]2c1ccc(-c2ccc(C(=O)OC)cc2)o1. The maximum absolute atomic E-state index is 12.4. The van der Waals surface area contributed by atoms with Crippen molar-refractivity contribution < 1.29 is 28.3 Å². The summed E-state index contributed by atoms with van der Waals surface area (Å²) < 4.78 is 17.3. The lowest BCUT2D eigenvalue weighted by Gasteiger charge is -2.22. The first-order chi connectivity index (χ1) is 15.4. The number of nitrogens with one attached hydrogen (secondary N) is 1. The predicted octanol–water partition coefficient (Wildman–Crippen LogP) is 3.28. The number of esters is 2. The first-order valence-electron chi connectivity index (χ1n) is 10.2. The highest BCUT2D eigenvalue weighted by molar-refractivity contribution is 5.95. The third-order valence-corrected chi connectivity index (χ3v) is 5.31. The number of hydrogen-bond acceptors (Lipinski definition) is 7. The van der Waals surface area contributed by atoms with Gasteiger partial charge in [0.2, 0.25) is 5.91 Å². The molecule has 9 nitrogen and oxygen atoms in total. The number of hydrogen-bond donors (Lipinski definition) is 1. The monoisotopic (exact) mass is 437 g/mol. The van der Waals surface area contributed by atoms with Gasteiger partial charge in [0.1, 0.15) is 23.9 Å². The molecule has 2 aromatic heterocycles. The Bertz CT molecular complexity index is 1180. The number of carbonyl (C=O) groups excluding carboxylic acids is 3. The number of aryl methyl sites for hydroxylation is 1. The molecular formula is C23H23N3O6. The zero-order chi connectivity index (χ0) is 22.8. The molecule has 0 aliphatic carbocycles. The smallest absolute Gasteiger partial charge is 0.337 e. The molecule has 0 saturated carbocycles. The molecule has 1 aliphatic rings. The molecule has 0 bridgehead atoms. The van der Waals surface area contributed by atoms with E-state index >= 15 is 0 Å². The van der Waals surface area contributed by atoms with Gasteiger partial charge < -0.3 is 19.2 Å². The molecule has 0 spiro atoms. The molecule has 1 N–H and O–H groups in total. The molecule has 0 fully saturated rings. The minimum Gasteiger partial charge on any atom is -0.465 e. The van der Waals surface area contributed by atoms with Crippen LogP contribution in [-0.4, -0.2) is 41.3 Å². The Morgan fingerprint density at radius 3 is 2.66 bits per heavy atom. The van der Waals surface area contributed by atoms with E-state index in [2.05, 4.69) is 10.4 Å². The molecule has 9 heteroatoms. The number of furan rings is 1. The Hall–Kier alpha value is -3.88. The average Bonchev–Trinajstić information content (AvgIpc) is 3.38. The molecular weight excluding hydrogens is 414 g/mol. The maximum atomic E-state index is 12.4. The summed E-state index contributed by atoms with van der Waals surface area (Å²) in [7, 11) is 1.33.